The lowest BCUT2D eigenvalue weighted by Gasteiger charge is -2.22. The van der Waals surface area contributed by atoms with E-state index in [1.54, 1.807) is 32.4 Å². The third-order valence-electron chi connectivity index (χ3n) is 4.25. The zero-order chi connectivity index (χ0) is 19.3. The molecule has 0 saturated carbocycles. The zero-order valence-electron chi connectivity index (χ0n) is 15.2. The van der Waals surface area contributed by atoms with Crippen LogP contribution in [0.15, 0.2) is 36.4 Å². The average molecular weight is 398 g/mol. The van der Waals surface area contributed by atoms with Gasteiger partial charge < -0.3 is 19.7 Å². The summed E-state index contributed by atoms with van der Waals surface area (Å²) in [7, 11) is 5.16. The summed E-state index contributed by atoms with van der Waals surface area (Å²) in [6, 6.07) is 10.4. The minimum Gasteiger partial charge on any atom is -0.493 e. The Morgan fingerprint density at radius 1 is 1.12 bits per heavy atom. The molecular weight excluding hydrogens is 375 g/mol. The first-order valence-corrected chi connectivity index (χ1v) is 8.90. The second-order valence-electron chi connectivity index (χ2n) is 6.05. The second kappa shape index (κ2) is 9.12. The van der Waals surface area contributed by atoms with Crippen molar-refractivity contribution in [2.24, 2.45) is 0 Å². The molecule has 0 aliphatic carbocycles. The van der Waals surface area contributed by atoms with Gasteiger partial charge in [-0.1, -0.05) is 23.2 Å². The van der Waals surface area contributed by atoms with E-state index in [1.807, 2.05) is 32.2 Å². The predicted molar refractivity (Wildman–Crippen MR) is 105 cm³/mol. The first kappa shape index (κ1) is 20.4. The van der Waals surface area contributed by atoms with Crippen molar-refractivity contribution in [1.82, 2.24) is 0 Å². The lowest BCUT2D eigenvalue weighted by Crippen LogP contribution is -3.12. The van der Waals surface area contributed by atoms with Crippen LogP contribution in [0, 0.1) is 0 Å². The van der Waals surface area contributed by atoms with Gasteiger partial charge in [-0.2, -0.15) is 0 Å². The molecule has 2 atom stereocenters. The minimum atomic E-state index is -0.293. The first-order valence-electron chi connectivity index (χ1n) is 8.14. The van der Waals surface area contributed by atoms with Crippen LogP contribution < -0.4 is 19.7 Å². The van der Waals surface area contributed by atoms with Crippen LogP contribution in [-0.2, 0) is 11.3 Å². The number of methoxy groups -OCH3 is 2. The lowest BCUT2D eigenvalue weighted by atomic mass is 10.1. The largest absolute Gasteiger partial charge is 0.493 e. The van der Waals surface area contributed by atoms with E-state index in [1.165, 1.54) is 0 Å². The van der Waals surface area contributed by atoms with Gasteiger partial charge in [-0.25, -0.2) is 0 Å². The molecule has 2 N–H and O–H groups in total. The van der Waals surface area contributed by atoms with Gasteiger partial charge in [0.25, 0.3) is 5.91 Å². The van der Waals surface area contributed by atoms with E-state index in [0.29, 0.717) is 33.8 Å². The normalized spacial score (nSPS) is 13.0. The molecule has 0 fully saturated rings. The van der Waals surface area contributed by atoms with Crippen molar-refractivity contribution in [2.75, 3.05) is 26.6 Å². The molecule has 0 aromatic heterocycles. The molecule has 0 radical (unpaired) electrons. The summed E-state index contributed by atoms with van der Waals surface area (Å²) >= 11 is 12.1. The Morgan fingerprint density at radius 3 is 2.46 bits per heavy atom. The summed E-state index contributed by atoms with van der Waals surface area (Å²) in [4.78, 5) is 13.6. The van der Waals surface area contributed by atoms with Crippen molar-refractivity contribution in [3.8, 4) is 11.5 Å². The maximum absolute atomic E-state index is 12.6. The number of carbonyl (C=O) groups is 1. The highest BCUT2D eigenvalue weighted by Gasteiger charge is 2.23. The molecule has 26 heavy (non-hydrogen) atoms. The average Bonchev–Trinajstić information content (AvgIpc) is 2.63. The highest BCUT2D eigenvalue weighted by molar-refractivity contribution is 6.35. The van der Waals surface area contributed by atoms with Crippen LogP contribution in [0.4, 0.5) is 5.69 Å². The molecule has 0 aliphatic heterocycles. The van der Waals surface area contributed by atoms with E-state index < -0.39 is 0 Å². The van der Waals surface area contributed by atoms with Gasteiger partial charge in [-0.3, -0.25) is 4.79 Å². The summed E-state index contributed by atoms with van der Waals surface area (Å²) in [5, 5.41) is 3.81. The maximum atomic E-state index is 12.6. The highest BCUT2D eigenvalue weighted by Crippen LogP contribution is 2.27. The van der Waals surface area contributed by atoms with E-state index in [9.17, 15) is 4.79 Å². The van der Waals surface area contributed by atoms with Gasteiger partial charge in [0.15, 0.2) is 17.5 Å². The number of halogens is 2. The third-order valence-corrected chi connectivity index (χ3v) is 4.81. The molecule has 1 amide bonds. The minimum absolute atomic E-state index is 0.132. The van der Waals surface area contributed by atoms with Crippen LogP contribution in [0.1, 0.15) is 12.5 Å². The number of hydrogen-bond acceptors (Lipinski definition) is 3. The molecule has 2 aromatic rings. The number of likely N-dealkylation sites (N-methyl/N-ethyl adjacent to an activating group) is 1. The molecule has 7 heteroatoms. The Kier molecular flexibility index (Phi) is 7.14. The van der Waals surface area contributed by atoms with Gasteiger partial charge in [0.2, 0.25) is 0 Å². The predicted octanol–water partition coefficient (Wildman–Crippen LogP) is 3.05. The van der Waals surface area contributed by atoms with Crippen LogP contribution >= 0.6 is 23.2 Å². The van der Waals surface area contributed by atoms with Gasteiger partial charge in [0, 0.05) is 10.6 Å². The first-order chi connectivity index (χ1) is 12.3. The molecule has 1 unspecified atom stereocenters. The van der Waals surface area contributed by atoms with Crippen LogP contribution in [0.3, 0.4) is 0 Å². The van der Waals surface area contributed by atoms with Crippen LogP contribution in [-0.4, -0.2) is 33.2 Å². The molecule has 140 valence electrons. The van der Waals surface area contributed by atoms with Gasteiger partial charge in [-0.05, 0) is 43.3 Å². The fourth-order valence-electron chi connectivity index (χ4n) is 2.52. The number of rotatable bonds is 7. The number of carbonyl (C=O) groups excluding carboxylic acids is 1. The van der Waals surface area contributed by atoms with Crippen LogP contribution in [0.25, 0.3) is 0 Å². The number of nitrogens with one attached hydrogen (secondary N) is 2. The Hall–Kier alpha value is -1.95. The number of benzene rings is 2. The summed E-state index contributed by atoms with van der Waals surface area (Å²) in [6.07, 6.45) is 0. The lowest BCUT2D eigenvalue weighted by molar-refractivity contribution is -0.907. The Bertz CT molecular complexity index is 783. The van der Waals surface area contributed by atoms with Gasteiger partial charge in [0.1, 0.15) is 6.54 Å². The second-order valence-corrected chi connectivity index (χ2v) is 6.89. The van der Waals surface area contributed by atoms with E-state index in [0.717, 1.165) is 10.5 Å². The molecule has 0 bridgehead atoms. The van der Waals surface area contributed by atoms with E-state index >= 15 is 0 Å². The number of ether oxygens (including phenoxy) is 2. The molecule has 0 spiro atoms. The Balaban J connectivity index is 2.05. The monoisotopic (exact) mass is 397 g/mol. The van der Waals surface area contributed by atoms with Crippen molar-refractivity contribution in [3.63, 3.8) is 0 Å². The SMILES string of the molecule is COc1ccc(C[NH+](C)[C@@H](C)C(=O)Nc2cc(Cl)ccc2Cl)cc1OC. The number of quaternary nitrogens is 1. The summed E-state index contributed by atoms with van der Waals surface area (Å²) < 4.78 is 10.6. The maximum Gasteiger partial charge on any atom is 0.282 e. The number of amides is 1. The molecule has 0 aliphatic rings. The standard InChI is InChI=1S/C19H22Cl2N2O3/c1-12(19(24)22-16-10-14(20)6-7-15(16)21)23(2)11-13-5-8-17(25-3)18(9-13)26-4/h5-10,12H,11H2,1-4H3,(H,22,24)/p+1/t12-/m0/s1. The van der Waals surface area contributed by atoms with Crippen molar-refractivity contribution < 1.29 is 19.2 Å². The van der Waals surface area contributed by atoms with Gasteiger partial charge in [-0.15, -0.1) is 0 Å². The molecular formula is C19H23Cl2N2O3+. The smallest absolute Gasteiger partial charge is 0.282 e. The molecule has 0 saturated heterocycles. The van der Waals surface area contributed by atoms with Crippen molar-refractivity contribution in [2.45, 2.75) is 19.5 Å². The molecule has 5 nitrogen and oxygen atoms in total. The summed E-state index contributed by atoms with van der Waals surface area (Å²) in [5.74, 6) is 1.21. The van der Waals surface area contributed by atoms with Crippen molar-refractivity contribution >= 4 is 34.8 Å². The fraction of sp³-hybridized carbons (Fsp3) is 0.316. The van der Waals surface area contributed by atoms with Crippen LogP contribution in [0.2, 0.25) is 10.0 Å². The zero-order valence-corrected chi connectivity index (χ0v) is 16.7. The summed E-state index contributed by atoms with van der Waals surface area (Å²) in [5.41, 5.74) is 1.55. The van der Waals surface area contributed by atoms with Crippen molar-refractivity contribution in [1.29, 1.82) is 0 Å². The van der Waals surface area contributed by atoms with Crippen LogP contribution in [0.5, 0.6) is 11.5 Å². The fourth-order valence-corrected chi connectivity index (χ4v) is 2.86. The Morgan fingerprint density at radius 2 is 1.81 bits per heavy atom. The van der Waals surface area contributed by atoms with Crippen molar-refractivity contribution in [3.05, 3.63) is 52.0 Å². The molecule has 0 heterocycles. The summed E-state index contributed by atoms with van der Waals surface area (Å²) in [6.45, 7) is 2.52. The number of anilines is 1. The quantitative estimate of drug-likeness (QED) is 0.754. The van der Waals surface area contributed by atoms with E-state index in [4.69, 9.17) is 32.7 Å². The topological polar surface area (TPSA) is 52.0 Å². The number of hydrogen-bond donors (Lipinski definition) is 2. The molecule has 2 aromatic carbocycles. The van der Waals surface area contributed by atoms with Gasteiger partial charge in [0.05, 0.1) is 32.0 Å². The van der Waals surface area contributed by atoms with E-state index in [-0.39, 0.29) is 11.9 Å². The molecule has 2 rings (SSSR count). The highest BCUT2D eigenvalue weighted by atomic mass is 35.5. The third kappa shape index (κ3) is 5.04. The van der Waals surface area contributed by atoms with E-state index in [2.05, 4.69) is 5.32 Å². The van der Waals surface area contributed by atoms with Gasteiger partial charge >= 0.3 is 0 Å². The Labute approximate surface area is 163 Å².